The van der Waals surface area contributed by atoms with E-state index in [1.807, 2.05) is 29.2 Å². The molecule has 0 radical (unpaired) electrons. The summed E-state index contributed by atoms with van der Waals surface area (Å²) in [6, 6.07) is 5.86. The molecule has 1 rings (SSSR count). The molecule has 0 heterocycles. The first-order valence-corrected chi connectivity index (χ1v) is 8.28. The van der Waals surface area contributed by atoms with Gasteiger partial charge in [0.15, 0.2) is 11.5 Å². The number of methoxy groups -OCH3 is 2. The molecular formula is C19H29NO3. The minimum atomic E-state index is 0.0579. The monoisotopic (exact) mass is 319 g/mol. The van der Waals surface area contributed by atoms with E-state index in [0.29, 0.717) is 11.5 Å². The second-order valence-corrected chi connectivity index (χ2v) is 5.59. The van der Waals surface area contributed by atoms with Gasteiger partial charge in [-0.15, -0.1) is 0 Å². The van der Waals surface area contributed by atoms with Crippen molar-refractivity contribution >= 4 is 12.0 Å². The van der Waals surface area contributed by atoms with Gasteiger partial charge in [0, 0.05) is 18.7 Å². The van der Waals surface area contributed by atoms with E-state index in [1.54, 1.807) is 20.3 Å². The highest BCUT2D eigenvalue weighted by Crippen LogP contribution is 2.28. The standard InChI is InChI=1S/C19H29NO3/c1-6-8-13-20(15(3)7-2)19(21)12-10-16-9-11-17(22-4)18(14-16)23-5/h9-12,14-15H,6-8,13H2,1-5H3. The highest BCUT2D eigenvalue weighted by molar-refractivity contribution is 5.92. The van der Waals surface area contributed by atoms with Crippen LogP contribution in [0.15, 0.2) is 24.3 Å². The topological polar surface area (TPSA) is 38.8 Å². The summed E-state index contributed by atoms with van der Waals surface area (Å²) >= 11 is 0. The van der Waals surface area contributed by atoms with Crippen LogP contribution in [-0.2, 0) is 4.79 Å². The van der Waals surface area contributed by atoms with Crippen molar-refractivity contribution in [1.29, 1.82) is 0 Å². The Morgan fingerprint density at radius 3 is 2.48 bits per heavy atom. The van der Waals surface area contributed by atoms with Crippen molar-refractivity contribution in [2.45, 2.75) is 46.1 Å². The van der Waals surface area contributed by atoms with Gasteiger partial charge in [0.25, 0.3) is 0 Å². The molecule has 0 saturated heterocycles. The lowest BCUT2D eigenvalue weighted by Gasteiger charge is -2.27. The van der Waals surface area contributed by atoms with Crippen LogP contribution in [0.25, 0.3) is 6.08 Å². The SMILES string of the molecule is CCCCN(C(=O)C=Cc1ccc(OC)c(OC)c1)C(C)CC. The number of ether oxygens (including phenoxy) is 2. The number of amides is 1. The molecule has 4 nitrogen and oxygen atoms in total. The van der Waals surface area contributed by atoms with Gasteiger partial charge in [-0.1, -0.05) is 26.3 Å². The summed E-state index contributed by atoms with van der Waals surface area (Å²) in [6.45, 7) is 7.14. The Kier molecular flexibility index (Phi) is 8.23. The third-order valence-electron chi connectivity index (χ3n) is 3.98. The van der Waals surface area contributed by atoms with Gasteiger partial charge in [0.1, 0.15) is 0 Å². The molecule has 1 aromatic carbocycles. The Hall–Kier alpha value is -1.97. The number of carbonyl (C=O) groups excluding carboxylic acids is 1. The van der Waals surface area contributed by atoms with Crippen molar-refractivity contribution in [2.24, 2.45) is 0 Å². The average Bonchev–Trinajstić information content (AvgIpc) is 2.59. The van der Waals surface area contributed by atoms with Crippen LogP contribution in [0.5, 0.6) is 11.5 Å². The van der Waals surface area contributed by atoms with Crippen molar-refractivity contribution in [3.05, 3.63) is 29.8 Å². The van der Waals surface area contributed by atoms with Crippen LogP contribution in [0.4, 0.5) is 0 Å². The van der Waals surface area contributed by atoms with Crippen molar-refractivity contribution < 1.29 is 14.3 Å². The Labute approximate surface area is 140 Å². The lowest BCUT2D eigenvalue weighted by molar-refractivity contribution is -0.128. The van der Waals surface area contributed by atoms with E-state index in [2.05, 4.69) is 20.8 Å². The normalized spacial score (nSPS) is 12.2. The van der Waals surface area contributed by atoms with Gasteiger partial charge in [-0.25, -0.2) is 0 Å². The molecule has 1 amide bonds. The third kappa shape index (κ3) is 5.62. The van der Waals surface area contributed by atoms with Crippen LogP contribution in [0.3, 0.4) is 0 Å². The average molecular weight is 319 g/mol. The molecule has 0 aliphatic carbocycles. The van der Waals surface area contributed by atoms with Gasteiger partial charge in [-0.2, -0.15) is 0 Å². The molecule has 1 aromatic rings. The number of unbranched alkanes of at least 4 members (excludes halogenated alkanes) is 1. The summed E-state index contributed by atoms with van der Waals surface area (Å²) in [5, 5.41) is 0. The van der Waals surface area contributed by atoms with Crippen LogP contribution >= 0.6 is 0 Å². The number of hydrogen-bond donors (Lipinski definition) is 0. The molecule has 4 heteroatoms. The number of hydrogen-bond acceptors (Lipinski definition) is 3. The fourth-order valence-corrected chi connectivity index (χ4v) is 2.32. The summed E-state index contributed by atoms with van der Waals surface area (Å²) in [5.41, 5.74) is 0.913. The summed E-state index contributed by atoms with van der Waals surface area (Å²) in [7, 11) is 3.21. The zero-order valence-corrected chi connectivity index (χ0v) is 15.0. The summed E-state index contributed by atoms with van der Waals surface area (Å²) < 4.78 is 10.5. The minimum Gasteiger partial charge on any atom is -0.493 e. The molecular weight excluding hydrogens is 290 g/mol. The van der Waals surface area contributed by atoms with Crippen molar-refractivity contribution in [1.82, 2.24) is 4.90 Å². The van der Waals surface area contributed by atoms with Crippen LogP contribution in [-0.4, -0.2) is 37.6 Å². The summed E-state index contributed by atoms with van der Waals surface area (Å²) in [6.07, 6.45) is 6.54. The van der Waals surface area contributed by atoms with E-state index in [-0.39, 0.29) is 11.9 Å². The van der Waals surface area contributed by atoms with Gasteiger partial charge in [0.05, 0.1) is 14.2 Å². The van der Waals surface area contributed by atoms with Crippen LogP contribution in [0, 0.1) is 0 Å². The minimum absolute atomic E-state index is 0.0579. The Morgan fingerprint density at radius 1 is 1.22 bits per heavy atom. The van der Waals surface area contributed by atoms with Gasteiger partial charge in [0.2, 0.25) is 5.91 Å². The Bertz CT molecular complexity index is 525. The van der Waals surface area contributed by atoms with Crippen LogP contribution in [0.1, 0.15) is 45.6 Å². The molecule has 0 aliphatic heterocycles. The maximum Gasteiger partial charge on any atom is 0.246 e. The molecule has 0 aliphatic rings. The third-order valence-corrected chi connectivity index (χ3v) is 3.98. The Balaban J connectivity index is 2.86. The number of rotatable bonds is 9. The van der Waals surface area contributed by atoms with E-state index >= 15 is 0 Å². The first-order chi connectivity index (χ1) is 11.1. The predicted molar refractivity (Wildman–Crippen MR) is 95.0 cm³/mol. The van der Waals surface area contributed by atoms with Gasteiger partial charge in [-0.05, 0) is 43.5 Å². The zero-order valence-electron chi connectivity index (χ0n) is 15.0. The molecule has 0 aromatic heterocycles. The summed E-state index contributed by atoms with van der Waals surface area (Å²) in [4.78, 5) is 14.4. The highest BCUT2D eigenvalue weighted by Gasteiger charge is 2.15. The fraction of sp³-hybridized carbons (Fsp3) is 0.526. The highest BCUT2D eigenvalue weighted by atomic mass is 16.5. The van der Waals surface area contributed by atoms with Crippen LogP contribution < -0.4 is 9.47 Å². The molecule has 0 fully saturated rings. The maximum absolute atomic E-state index is 12.5. The largest absolute Gasteiger partial charge is 0.493 e. The van der Waals surface area contributed by atoms with E-state index in [1.165, 1.54) is 0 Å². The zero-order chi connectivity index (χ0) is 17.2. The van der Waals surface area contributed by atoms with Gasteiger partial charge < -0.3 is 14.4 Å². The Morgan fingerprint density at radius 2 is 1.91 bits per heavy atom. The lowest BCUT2D eigenvalue weighted by Crippen LogP contribution is -2.37. The molecule has 128 valence electrons. The summed E-state index contributed by atoms with van der Waals surface area (Å²) in [5.74, 6) is 1.40. The maximum atomic E-state index is 12.5. The van der Waals surface area contributed by atoms with E-state index in [4.69, 9.17) is 9.47 Å². The molecule has 0 N–H and O–H groups in total. The lowest BCUT2D eigenvalue weighted by atomic mass is 10.1. The van der Waals surface area contributed by atoms with E-state index < -0.39 is 0 Å². The van der Waals surface area contributed by atoms with Gasteiger partial charge in [-0.3, -0.25) is 4.79 Å². The molecule has 23 heavy (non-hydrogen) atoms. The quantitative estimate of drug-likeness (QED) is 0.642. The molecule has 0 bridgehead atoms. The molecule has 1 unspecified atom stereocenters. The fourth-order valence-electron chi connectivity index (χ4n) is 2.32. The number of benzene rings is 1. The van der Waals surface area contributed by atoms with Gasteiger partial charge >= 0.3 is 0 Å². The smallest absolute Gasteiger partial charge is 0.246 e. The first kappa shape index (κ1) is 19.1. The van der Waals surface area contributed by atoms with Crippen LogP contribution in [0.2, 0.25) is 0 Å². The molecule has 1 atom stereocenters. The number of nitrogens with zero attached hydrogens (tertiary/aromatic N) is 1. The van der Waals surface area contributed by atoms with E-state index in [0.717, 1.165) is 31.4 Å². The molecule has 0 saturated carbocycles. The molecule has 0 spiro atoms. The second kappa shape index (κ2) is 9.93. The first-order valence-electron chi connectivity index (χ1n) is 8.28. The second-order valence-electron chi connectivity index (χ2n) is 5.59. The van der Waals surface area contributed by atoms with Crippen molar-refractivity contribution in [3.8, 4) is 11.5 Å². The van der Waals surface area contributed by atoms with Crippen molar-refractivity contribution in [2.75, 3.05) is 20.8 Å². The number of carbonyl (C=O) groups is 1. The predicted octanol–water partition coefficient (Wildman–Crippen LogP) is 4.14. The van der Waals surface area contributed by atoms with Crippen molar-refractivity contribution in [3.63, 3.8) is 0 Å². The van der Waals surface area contributed by atoms with E-state index in [9.17, 15) is 4.79 Å².